The van der Waals surface area contributed by atoms with Crippen LogP contribution in [-0.4, -0.2) is 19.5 Å². The molecule has 11 rings (SSSR count). The van der Waals surface area contributed by atoms with Gasteiger partial charge in [-0.25, -0.2) is 15.0 Å². The first-order valence-electron chi connectivity index (χ1n) is 18.8. The zero-order chi connectivity index (χ0) is 37.0. The van der Waals surface area contributed by atoms with Gasteiger partial charge in [0.15, 0.2) is 17.5 Å². The number of benzene rings is 8. The molecular formula is C51H32N4O. The van der Waals surface area contributed by atoms with Crippen LogP contribution in [0.5, 0.6) is 0 Å². The molecule has 0 unspecified atom stereocenters. The average molecular weight is 717 g/mol. The molecule has 0 fully saturated rings. The van der Waals surface area contributed by atoms with E-state index in [-0.39, 0.29) is 0 Å². The average Bonchev–Trinajstić information content (AvgIpc) is 3.82. The van der Waals surface area contributed by atoms with Crippen molar-refractivity contribution in [3.8, 4) is 62.1 Å². The normalized spacial score (nSPS) is 11.6. The van der Waals surface area contributed by atoms with Crippen LogP contribution in [0.1, 0.15) is 0 Å². The molecular weight excluding hydrogens is 685 g/mol. The Morgan fingerprint density at radius 1 is 0.339 bits per heavy atom. The van der Waals surface area contributed by atoms with E-state index in [0.717, 1.165) is 66.6 Å². The minimum Gasteiger partial charge on any atom is -0.455 e. The highest BCUT2D eigenvalue weighted by Crippen LogP contribution is 2.41. The van der Waals surface area contributed by atoms with Crippen molar-refractivity contribution in [1.82, 2.24) is 19.5 Å². The van der Waals surface area contributed by atoms with Crippen molar-refractivity contribution >= 4 is 43.7 Å². The number of furan rings is 1. The van der Waals surface area contributed by atoms with Crippen LogP contribution < -0.4 is 0 Å². The van der Waals surface area contributed by atoms with Gasteiger partial charge in [0.05, 0.1) is 11.0 Å². The summed E-state index contributed by atoms with van der Waals surface area (Å²) in [4.78, 5) is 15.2. The monoisotopic (exact) mass is 716 g/mol. The third kappa shape index (κ3) is 5.37. The summed E-state index contributed by atoms with van der Waals surface area (Å²) in [6, 6.07) is 67.4. The van der Waals surface area contributed by atoms with Crippen molar-refractivity contribution in [1.29, 1.82) is 0 Å². The van der Waals surface area contributed by atoms with Gasteiger partial charge >= 0.3 is 0 Å². The van der Waals surface area contributed by atoms with Crippen molar-refractivity contribution < 1.29 is 4.42 Å². The molecule has 56 heavy (non-hydrogen) atoms. The van der Waals surface area contributed by atoms with E-state index in [4.69, 9.17) is 19.4 Å². The zero-order valence-electron chi connectivity index (χ0n) is 30.2. The smallest absolute Gasteiger partial charge is 0.164 e. The second kappa shape index (κ2) is 13.0. The summed E-state index contributed by atoms with van der Waals surface area (Å²) >= 11 is 0. The van der Waals surface area contributed by atoms with Crippen LogP contribution in [-0.2, 0) is 0 Å². The summed E-state index contributed by atoms with van der Waals surface area (Å²) < 4.78 is 8.97. The Morgan fingerprint density at radius 3 is 1.45 bits per heavy atom. The van der Waals surface area contributed by atoms with Gasteiger partial charge < -0.3 is 8.98 Å². The Hall–Kier alpha value is -7.63. The predicted octanol–water partition coefficient (Wildman–Crippen LogP) is 13.2. The maximum Gasteiger partial charge on any atom is 0.164 e. The Bertz CT molecular complexity index is 3170. The van der Waals surface area contributed by atoms with Crippen molar-refractivity contribution in [2.75, 3.05) is 0 Å². The van der Waals surface area contributed by atoms with Crippen LogP contribution in [0.2, 0.25) is 0 Å². The number of aromatic nitrogens is 4. The highest BCUT2D eigenvalue weighted by Gasteiger charge is 2.19. The van der Waals surface area contributed by atoms with Gasteiger partial charge in [-0.3, -0.25) is 0 Å². The molecule has 0 aliphatic carbocycles. The molecule has 0 aliphatic rings. The summed E-state index contributed by atoms with van der Waals surface area (Å²) in [5, 5.41) is 4.51. The Kier molecular flexibility index (Phi) is 7.42. The molecule has 0 atom stereocenters. The second-order valence-electron chi connectivity index (χ2n) is 14.0. The van der Waals surface area contributed by atoms with Crippen LogP contribution >= 0.6 is 0 Å². The van der Waals surface area contributed by atoms with Crippen LogP contribution in [0, 0.1) is 0 Å². The Labute approximate surface area is 322 Å². The number of nitrogens with zero attached hydrogens (tertiary/aromatic N) is 4. The van der Waals surface area contributed by atoms with E-state index in [1.54, 1.807) is 0 Å². The van der Waals surface area contributed by atoms with Crippen LogP contribution in [0.4, 0.5) is 0 Å². The summed E-state index contributed by atoms with van der Waals surface area (Å²) in [6.45, 7) is 0. The summed E-state index contributed by atoms with van der Waals surface area (Å²) in [7, 11) is 0. The maximum absolute atomic E-state index is 6.65. The number of para-hydroxylation sites is 2. The van der Waals surface area contributed by atoms with E-state index < -0.39 is 0 Å². The van der Waals surface area contributed by atoms with Gasteiger partial charge in [0, 0.05) is 49.5 Å². The first kappa shape index (κ1) is 31.9. The summed E-state index contributed by atoms with van der Waals surface area (Å²) in [5.41, 5.74) is 12.2. The van der Waals surface area contributed by atoms with Crippen LogP contribution in [0.15, 0.2) is 199 Å². The Balaban J connectivity index is 1.07. The number of rotatable bonds is 6. The molecule has 0 saturated heterocycles. The summed E-state index contributed by atoms with van der Waals surface area (Å²) in [5.74, 6) is 1.82. The van der Waals surface area contributed by atoms with Gasteiger partial charge in [0.1, 0.15) is 11.2 Å². The van der Waals surface area contributed by atoms with Crippen molar-refractivity contribution in [3.05, 3.63) is 194 Å². The minimum absolute atomic E-state index is 0.596. The van der Waals surface area contributed by atoms with Gasteiger partial charge in [-0.05, 0) is 83.4 Å². The lowest BCUT2D eigenvalue weighted by atomic mass is 9.95. The molecule has 11 aromatic rings. The maximum atomic E-state index is 6.65. The molecule has 0 N–H and O–H groups in total. The van der Waals surface area contributed by atoms with E-state index >= 15 is 0 Å². The van der Waals surface area contributed by atoms with E-state index in [0.29, 0.717) is 17.5 Å². The number of hydrogen-bond acceptors (Lipinski definition) is 4. The van der Waals surface area contributed by atoms with E-state index in [1.807, 2.05) is 54.6 Å². The van der Waals surface area contributed by atoms with E-state index in [2.05, 4.69) is 144 Å². The standard InChI is InChI=1S/C51H32N4O/c1-4-14-33(15-5-1)38-31-42(34-16-6-2-7-17-34)48-44(32-38)43-30-37(26-29-47(43)56-48)51-53-49(35-18-8-3-9-19-35)52-50(54-51)36-24-27-39(28-25-36)55-45-22-12-10-20-40(45)41-21-11-13-23-46(41)55/h1-32H. The molecule has 262 valence electrons. The fraction of sp³-hybridized carbons (Fsp3) is 0. The molecule has 3 heterocycles. The van der Waals surface area contributed by atoms with E-state index in [1.165, 1.54) is 21.8 Å². The lowest BCUT2D eigenvalue weighted by Crippen LogP contribution is -2.00. The molecule has 0 spiro atoms. The molecule has 5 nitrogen and oxygen atoms in total. The quantitative estimate of drug-likeness (QED) is 0.172. The topological polar surface area (TPSA) is 56.7 Å². The van der Waals surface area contributed by atoms with Crippen molar-refractivity contribution in [2.45, 2.75) is 0 Å². The lowest BCUT2D eigenvalue weighted by molar-refractivity contribution is 0.670. The van der Waals surface area contributed by atoms with Gasteiger partial charge in [-0.2, -0.15) is 0 Å². The fourth-order valence-corrected chi connectivity index (χ4v) is 7.96. The van der Waals surface area contributed by atoms with Gasteiger partial charge in [0.2, 0.25) is 0 Å². The molecule has 0 bridgehead atoms. The van der Waals surface area contributed by atoms with Crippen molar-refractivity contribution in [2.24, 2.45) is 0 Å². The minimum atomic E-state index is 0.596. The zero-order valence-corrected chi connectivity index (χ0v) is 30.2. The molecule has 0 aliphatic heterocycles. The van der Waals surface area contributed by atoms with Gasteiger partial charge in [0.25, 0.3) is 0 Å². The SMILES string of the molecule is c1ccc(-c2cc(-c3ccccc3)c3oc4ccc(-c5nc(-c6ccccc6)nc(-c6ccc(-n7c8ccccc8c8ccccc87)cc6)n5)cc4c3c2)cc1. The third-order valence-corrected chi connectivity index (χ3v) is 10.7. The van der Waals surface area contributed by atoms with E-state index in [9.17, 15) is 0 Å². The predicted molar refractivity (Wildman–Crippen MR) is 229 cm³/mol. The molecule has 0 saturated carbocycles. The fourth-order valence-electron chi connectivity index (χ4n) is 7.96. The lowest BCUT2D eigenvalue weighted by Gasteiger charge is -2.11. The van der Waals surface area contributed by atoms with Gasteiger partial charge in [-0.15, -0.1) is 0 Å². The first-order chi connectivity index (χ1) is 27.7. The second-order valence-corrected chi connectivity index (χ2v) is 14.0. The molecule has 0 radical (unpaired) electrons. The molecule has 8 aromatic carbocycles. The molecule has 0 amide bonds. The molecule has 3 aromatic heterocycles. The number of hydrogen-bond donors (Lipinski definition) is 0. The first-order valence-corrected chi connectivity index (χ1v) is 18.8. The third-order valence-electron chi connectivity index (χ3n) is 10.7. The van der Waals surface area contributed by atoms with Crippen LogP contribution in [0.3, 0.4) is 0 Å². The highest BCUT2D eigenvalue weighted by molar-refractivity contribution is 6.12. The largest absolute Gasteiger partial charge is 0.455 e. The Morgan fingerprint density at radius 2 is 0.821 bits per heavy atom. The highest BCUT2D eigenvalue weighted by atomic mass is 16.3. The van der Waals surface area contributed by atoms with Gasteiger partial charge in [-0.1, -0.05) is 127 Å². The number of fused-ring (bicyclic) bond motifs is 6. The van der Waals surface area contributed by atoms with Crippen LogP contribution in [0.25, 0.3) is 106 Å². The van der Waals surface area contributed by atoms with Crippen molar-refractivity contribution in [3.63, 3.8) is 0 Å². The molecule has 5 heteroatoms. The summed E-state index contributed by atoms with van der Waals surface area (Å²) in [6.07, 6.45) is 0.